The molecule has 1 aliphatic heterocycles. The number of nitrogens with two attached hydrogens (primary N) is 1. The van der Waals surface area contributed by atoms with Crippen molar-refractivity contribution in [3.05, 3.63) is 59.3 Å². The Morgan fingerprint density at radius 3 is 2.78 bits per heavy atom. The molecular weight excluding hydrogens is 222 g/mol. The summed E-state index contributed by atoms with van der Waals surface area (Å²) in [6.07, 6.45) is 2.86. The number of aromatic nitrogens is 1. The van der Waals surface area contributed by atoms with Crippen molar-refractivity contribution in [1.29, 1.82) is 0 Å². The van der Waals surface area contributed by atoms with Crippen LogP contribution in [0.5, 0.6) is 0 Å². The van der Waals surface area contributed by atoms with E-state index in [2.05, 4.69) is 40.2 Å². The molecule has 0 radical (unpaired) electrons. The molecule has 1 aromatic carbocycles. The van der Waals surface area contributed by atoms with E-state index in [0.29, 0.717) is 5.82 Å². The Hall–Kier alpha value is -1.87. The van der Waals surface area contributed by atoms with Crippen LogP contribution in [0.2, 0.25) is 0 Å². The van der Waals surface area contributed by atoms with Gasteiger partial charge in [0.15, 0.2) is 0 Å². The molecule has 92 valence electrons. The highest BCUT2D eigenvalue weighted by molar-refractivity contribution is 5.38. The summed E-state index contributed by atoms with van der Waals surface area (Å²) in [7, 11) is 0. The molecule has 0 saturated heterocycles. The van der Waals surface area contributed by atoms with Crippen LogP contribution in [-0.4, -0.2) is 16.4 Å². The Bertz CT molecular complexity index is 551. The van der Waals surface area contributed by atoms with Gasteiger partial charge in [0, 0.05) is 31.4 Å². The highest BCUT2D eigenvalue weighted by atomic mass is 15.1. The summed E-state index contributed by atoms with van der Waals surface area (Å²) in [5.74, 6) is 0.649. The third-order valence-electron chi connectivity index (χ3n) is 3.53. The number of hydrogen-bond acceptors (Lipinski definition) is 3. The van der Waals surface area contributed by atoms with Crippen LogP contribution in [0, 0.1) is 0 Å². The fourth-order valence-electron chi connectivity index (χ4n) is 2.51. The van der Waals surface area contributed by atoms with Crippen molar-refractivity contribution in [2.24, 2.45) is 0 Å². The first-order valence-electron chi connectivity index (χ1n) is 6.31. The van der Waals surface area contributed by atoms with Crippen LogP contribution >= 0.6 is 0 Å². The minimum absolute atomic E-state index is 0.649. The first-order chi connectivity index (χ1) is 8.83. The number of anilines is 1. The lowest BCUT2D eigenvalue weighted by molar-refractivity contribution is 0.246. The highest BCUT2D eigenvalue weighted by Gasteiger charge is 2.16. The van der Waals surface area contributed by atoms with Crippen molar-refractivity contribution in [1.82, 2.24) is 9.88 Å². The lowest BCUT2D eigenvalue weighted by atomic mass is 9.99. The Kier molecular flexibility index (Phi) is 2.99. The molecule has 2 aromatic rings. The van der Waals surface area contributed by atoms with E-state index in [9.17, 15) is 0 Å². The van der Waals surface area contributed by atoms with Gasteiger partial charge in [-0.25, -0.2) is 4.98 Å². The van der Waals surface area contributed by atoms with Gasteiger partial charge in [0.2, 0.25) is 0 Å². The second-order valence-corrected chi connectivity index (χ2v) is 4.78. The summed E-state index contributed by atoms with van der Waals surface area (Å²) in [5.41, 5.74) is 9.93. The summed E-state index contributed by atoms with van der Waals surface area (Å²) >= 11 is 0. The van der Waals surface area contributed by atoms with E-state index >= 15 is 0 Å². The van der Waals surface area contributed by atoms with Gasteiger partial charge in [0.05, 0.1) is 0 Å². The molecule has 3 heteroatoms. The summed E-state index contributed by atoms with van der Waals surface area (Å²) in [4.78, 5) is 6.57. The van der Waals surface area contributed by atoms with Crippen LogP contribution in [-0.2, 0) is 19.5 Å². The fraction of sp³-hybridized carbons (Fsp3) is 0.267. The monoisotopic (exact) mass is 239 g/mol. The smallest absolute Gasteiger partial charge is 0.127 e. The minimum atomic E-state index is 0.649. The lowest BCUT2D eigenvalue weighted by Crippen LogP contribution is -2.30. The Labute approximate surface area is 107 Å². The van der Waals surface area contributed by atoms with Gasteiger partial charge < -0.3 is 5.73 Å². The molecule has 0 atom stereocenters. The number of nitrogens with zero attached hydrogens (tertiary/aromatic N) is 2. The second-order valence-electron chi connectivity index (χ2n) is 4.78. The molecule has 0 amide bonds. The maximum absolute atomic E-state index is 5.89. The lowest BCUT2D eigenvalue weighted by Gasteiger charge is -2.28. The van der Waals surface area contributed by atoms with Crippen LogP contribution in [0.15, 0.2) is 42.6 Å². The number of nitrogen functional groups attached to an aromatic ring is 1. The minimum Gasteiger partial charge on any atom is -0.383 e. The summed E-state index contributed by atoms with van der Waals surface area (Å²) in [6, 6.07) is 12.7. The molecule has 0 aliphatic carbocycles. The van der Waals surface area contributed by atoms with Gasteiger partial charge in [-0.2, -0.15) is 0 Å². The van der Waals surface area contributed by atoms with Gasteiger partial charge in [-0.3, -0.25) is 4.90 Å². The average Bonchev–Trinajstić information content (AvgIpc) is 2.41. The molecule has 1 aromatic heterocycles. The van der Waals surface area contributed by atoms with E-state index in [-0.39, 0.29) is 0 Å². The molecule has 0 unspecified atom stereocenters. The summed E-state index contributed by atoms with van der Waals surface area (Å²) < 4.78 is 0. The highest BCUT2D eigenvalue weighted by Crippen LogP contribution is 2.21. The summed E-state index contributed by atoms with van der Waals surface area (Å²) in [5, 5.41) is 0. The predicted molar refractivity (Wildman–Crippen MR) is 72.9 cm³/mol. The van der Waals surface area contributed by atoms with Gasteiger partial charge >= 0.3 is 0 Å². The van der Waals surface area contributed by atoms with Crippen molar-refractivity contribution in [3.63, 3.8) is 0 Å². The molecule has 0 saturated carbocycles. The van der Waals surface area contributed by atoms with Crippen molar-refractivity contribution >= 4 is 5.82 Å². The Balaban J connectivity index is 1.75. The molecule has 2 N–H and O–H groups in total. The third kappa shape index (κ3) is 2.22. The first-order valence-corrected chi connectivity index (χ1v) is 6.31. The summed E-state index contributed by atoms with van der Waals surface area (Å²) in [6.45, 7) is 2.98. The van der Waals surface area contributed by atoms with Gasteiger partial charge in [0.1, 0.15) is 5.82 Å². The van der Waals surface area contributed by atoms with Gasteiger partial charge in [-0.15, -0.1) is 0 Å². The van der Waals surface area contributed by atoms with E-state index < -0.39 is 0 Å². The zero-order valence-electron chi connectivity index (χ0n) is 10.3. The molecule has 3 rings (SSSR count). The normalized spacial score (nSPS) is 15.3. The predicted octanol–water partition coefficient (Wildman–Crippen LogP) is 2.22. The fourth-order valence-corrected chi connectivity index (χ4v) is 2.51. The van der Waals surface area contributed by atoms with Gasteiger partial charge in [-0.05, 0) is 23.6 Å². The molecule has 3 nitrogen and oxygen atoms in total. The maximum atomic E-state index is 5.89. The second kappa shape index (κ2) is 4.78. The van der Waals surface area contributed by atoms with Crippen LogP contribution in [0.1, 0.15) is 16.7 Å². The molecule has 1 aliphatic rings. The van der Waals surface area contributed by atoms with E-state index in [0.717, 1.165) is 31.6 Å². The Morgan fingerprint density at radius 2 is 1.94 bits per heavy atom. The molecule has 18 heavy (non-hydrogen) atoms. The first kappa shape index (κ1) is 11.2. The standard InChI is InChI=1S/C15H17N3/c16-15-14(6-3-8-17-15)11-18-9-7-12-4-1-2-5-13(12)10-18/h1-6,8H,7,9-11H2,(H2,16,17). The average molecular weight is 239 g/mol. The topological polar surface area (TPSA) is 42.1 Å². The molecule has 0 spiro atoms. The number of pyridine rings is 1. The van der Waals surface area contributed by atoms with Crippen LogP contribution in [0.3, 0.4) is 0 Å². The van der Waals surface area contributed by atoms with E-state index in [4.69, 9.17) is 5.73 Å². The van der Waals surface area contributed by atoms with Gasteiger partial charge in [0.25, 0.3) is 0 Å². The van der Waals surface area contributed by atoms with Gasteiger partial charge in [-0.1, -0.05) is 30.3 Å². The molecule has 2 heterocycles. The maximum Gasteiger partial charge on any atom is 0.127 e. The number of fused-ring (bicyclic) bond motifs is 1. The molecule has 0 bridgehead atoms. The SMILES string of the molecule is Nc1ncccc1CN1CCc2ccccc2C1. The van der Waals surface area contributed by atoms with Crippen molar-refractivity contribution in [2.75, 3.05) is 12.3 Å². The zero-order chi connectivity index (χ0) is 12.4. The number of benzene rings is 1. The zero-order valence-corrected chi connectivity index (χ0v) is 10.3. The van der Waals surface area contributed by atoms with E-state index in [1.165, 1.54) is 11.1 Å². The van der Waals surface area contributed by atoms with E-state index in [1.807, 2.05) is 6.07 Å². The Morgan fingerprint density at radius 1 is 1.11 bits per heavy atom. The molecular formula is C15H17N3. The van der Waals surface area contributed by atoms with Crippen molar-refractivity contribution in [2.45, 2.75) is 19.5 Å². The molecule has 0 fully saturated rings. The largest absolute Gasteiger partial charge is 0.383 e. The third-order valence-corrected chi connectivity index (χ3v) is 3.53. The van der Waals surface area contributed by atoms with Crippen LogP contribution in [0.25, 0.3) is 0 Å². The number of hydrogen-bond donors (Lipinski definition) is 1. The number of rotatable bonds is 2. The van der Waals surface area contributed by atoms with Crippen molar-refractivity contribution < 1.29 is 0 Å². The quantitative estimate of drug-likeness (QED) is 0.873. The van der Waals surface area contributed by atoms with E-state index in [1.54, 1.807) is 6.20 Å². The van der Waals surface area contributed by atoms with Crippen LogP contribution in [0.4, 0.5) is 5.82 Å². The van der Waals surface area contributed by atoms with Crippen LogP contribution < -0.4 is 5.73 Å². The van der Waals surface area contributed by atoms with Crippen molar-refractivity contribution in [3.8, 4) is 0 Å².